The lowest BCUT2D eigenvalue weighted by Crippen LogP contribution is -2.25. The van der Waals surface area contributed by atoms with Gasteiger partial charge in [0.05, 0.1) is 13.7 Å². The van der Waals surface area contributed by atoms with Crippen molar-refractivity contribution >= 4 is 11.7 Å². The molecule has 1 unspecified atom stereocenters. The van der Waals surface area contributed by atoms with Crippen molar-refractivity contribution in [3.8, 4) is 17.6 Å². The van der Waals surface area contributed by atoms with E-state index in [0.29, 0.717) is 47.6 Å². The number of hydrogen-bond acceptors (Lipinski definition) is 8. The van der Waals surface area contributed by atoms with Crippen LogP contribution in [-0.4, -0.2) is 48.7 Å². The van der Waals surface area contributed by atoms with E-state index in [2.05, 4.69) is 46.7 Å². The van der Waals surface area contributed by atoms with Crippen molar-refractivity contribution in [2.24, 2.45) is 5.41 Å². The zero-order valence-corrected chi connectivity index (χ0v) is 20.4. The normalized spacial score (nSPS) is 15.4. The van der Waals surface area contributed by atoms with Gasteiger partial charge in [0.1, 0.15) is 11.9 Å². The number of carbonyl (C=O) groups is 1. The van der Waals surface area contributed by atoms with E-state index in [0.717, 1.165) is 19.4 Å². The Morgan fingerprint density at radius 3 is 2.82 bits per heavy atom. The number of carbonyl (C=O) groups excluding carboxylic acids is 1. The van der Waals surface area contributed by atoms with Gasteiger partial charge < -0.3 is 25.4 Å². The average Bonchev–Trinajstić information content (AvgIpc) is 3.34. The fourth-order valence-electron chi connectivity index (χ4n) is 3.61. The van der Waals surface area contributed by atoms with Gasteiger partial charge in [0.25, 0.3) is 5.91 Å². The minimum atomic E-state index is -0.254. The second-order valence-corrected chi connectivity index (χ2v) is 9.57. The summed E-state index contributed by atoms with van der Waals surface area (Å²) in [4.78, 5) is 21.2. The maximum atomic E-state index is 12.9. The van der Waals surface area contributed by atoms with E-state index in [4.69, 9.17) is 14.7 Å². The smallest absolute Gasteiger partial charge is 0.251 e. The number of methoxy groups -OCH3 is 1. The number of anilines is 1. The Labute approximate surface area is 201 Å². The lowest BCUT2D eigenvalue weighted by molar-refractivity contribution is 0.0950. The largest absolute Gasteiger partial charge is 0.493 e. The molecule has 1 aliphatic heterocycles. The standard InChI is InChI=1S/C25H34N6O3/c1-25(2,3)16-30-23-18(14-28-22(13-26)31-23)15-29-24(32)17-7-8-20(33-4)21(12-17)34-11-9-19-6-5-10-27-19/h7-8,12,14,19,27H,5-6,9-11,15-16H2,1-4H3,(H,29,32)(H,28,30,31). The first-order valence-corrected chi connectivity index (χ1v) is 11.6. The summed E-state index contributed by atoms with van der Waals surface area (Å²) in [5.74, 6) is 1.50. The van der Waals surface area contributed by atoms with E-state index in [1.807, 2.05) is 6.07 Å². The molecule has 9 nitrogen and oxygen atoms in total. The first-order valence-electron chi connectivity index (χ1n) is 11.6. The Kier molecular flexibility index (Phi) is 8.66. The summed E-state index contributed by atoms with van der Waals surface area (Å²) in [5.41, 5.74) is 1.19. The fraction of sp³-hybridized carbons (Fsp3) is 0.520. The molecule has 0 radical (unpaired) electrons. The predicted molar refractivity (Wildman–Crippen MR) is 130 cm³/mol. The van der Waals surface area contributed by atoms with Crippen molar-refractivity contribution in [1.82, 2.24) is 20.6 Å². The van der Waals surface area contributed by atoms with E-state index in [1.165, 1.54) is 6.42 Å². The third kappa shape index (κ3) is 7.32. The topological polar surface area (TPSA) is 121 Å². The third-order valence-electron chi connectivity index (χ3n) is 5.50. The highest BCUT2D eigenvalue weighted by Crippen LogP contribution is 2.28. The number of amides is 1. The van der Waals surface area contributed by atoms with Crippen LogP contribution in [0.3, 0.4) is 0 Å². The second-order valence-electron chi connectivity index (χ2n) is 9.57. The zero-order valence-electron chi connectivity index (χ0n) is 20.4. The van der Waals surface area contributed by atoms with E-state index >= 15 is 0 Å². The van der Waals surface area contributed by atoms with Gasteiger partial charge in [-0.1, -0.05) is 20.8 Å². The molecular formula is C25H34N6O3. The molecule has 1 amide bonds. The summed E-state index contributed by atoms with van der Waals surface area (Å²) in [5, 5.41) is 18.8. The van der Waals surface area contributed by atoms with Crippen molar-refractivity contribution in [2.45, 2.75) is 52.6 Å². The van der Waals surface area contributed by atoms with Crippen molar-refractivity contribution in [1.29, 1.82) is 5.26 Å². The van der Waals surface area contributed by atoms with Gasteiger partial charge in [-0.2, -0.15) is 5.26 Å². The maximum absolute atomic E-state index is 12.9. The van der Waals surface area contributed by atoms with Crippen molar-refractivity contribution in [3.63, 3.8) is 0 Å². The summed E-state index contributed by atoms with van der Waals surface area (Å²) in [7, 11) is 1.58. The number of rotatable bonds is 10. The van der Waals surface area contributed by atoms with Crippen LogP contribution in [0.1, 0.15) is 61.8 Å². The quantitative estimate of drug-likeness (QED) is 0.488. The number of aromatic nitrogens is 2. The van der Waals surface area contributed by atoms with E-state index in [-0.39, 0.29) is 23.7 Å². The molecule has 1 aromatic heterocycles. The predicted octanol–water partition coefficient (Wildman–Crippen LogP) is 3.27. The molecule has 0 aliphatic carbocycles. The fourth-order valence-corrected chi connectivity index (χ4v) is 3.61. The first kappa shape index (κ1) is 25.2. The Morgan fingerprint density at radius 2 is 2.15 bits per heavy atom. The molecule has 0 spiro atoms. The van der Waals surface area contributed by atoms with Crippen LogP contribution in [0, 0.1) is 16.7 Å². The number of benzene rings is 1. The summed E-state index contributed by atoms with van der Waals surface area (Å²) >= 11 is 0. The van der Waals surface area contributed by atoms with Gasteiger partial charge in [0, 0.05) is 36.5 Å². The molecule has 9 heteroatoms. The Morgan fingerprint density at radius 1 is 1.32 bits per heavy atom. The summed E-state index contributed by atoms with van der Waals surface area (Å²) in [6.45, 7) is 8.77. The highest BCUT2D eigenvalue weighted by molar-refractivity contribution is 5.94. The molecule has 1 aliphatic rings. The molecule has 0 bridgehead atoms. The van der Waals surface area contributed by atoms with Gasteiger partial charge in [0.2, 0.25) is 5.82 Å². The average molecular weight is 467 g/mol. The molecular weight excluding hydrogens is 432 g/mol. The monoisotopic (exact) mass is 466 g/mol. The zero-order chi connectivity index (χ0) is 24.6. The van der Waals surface area contributed by atoms with E-state index < -0.39 is 0 Å². The summed E-state index contributed by atoms with van der Waals surface area (Å²) in [6, 6.07) is 7.57. The molecule has 1 atom stereocenters. The molecule has 1 saturated heterocycles. The number of ether oxygens (including phenoxy) is 2. The van der Waals surface area contributed by atoms with Gasteiger partial charge in [-0.3, -0.25) is 4.79 Å². The molecule has 3 rings (SSSR count). The summed E-state index contributed by atoms with van der Waals surface area (Å²) in [6.07, 6.45) is 4.83. The van der Waals surface area contributed by atoms with Crippen LogP contribution >= 0.6 is 0 Å². The van der Waals surface area contributed by atoms with Gasteiger partial charge in [-0.15, -0.1) is 0 Å². The molecule has 3 N–H and O–H groups in total. The number of hydrogen-bond donors (Lipinski definition) is 3. The lowest BCUT2D eigenvalue weighted by atomic mass is 9.97. The van der Waals surface area contributed by atoms with Gasteiger partial charge >= 0.3 is 0 Å². The van der Waals surface area contributed by atoms with Crippen molar-refractivity contribution < 1.29 is 14.3 Å². The molecule has 0 saturated carbocycles. The maximum Gasteiger partial charge on any atom is 0.251 e. The van der Waals surface area contributed by atoms with Crippen LogP contribution in [0.5, 0.6) is 11.5 Å². The Balaban J connectivity index is 1.65. The lowest BCUT2D eigenvalue weighted by Gasteiger charge is -2.20. The number of nitrogens with one attached hydrogen (secondary N) is 3. The van der Waals surface area contributed by atoms with Crippen LogP contribution in [-0.2, 0) is 6.54 Å². The minimum Gasteiger partial charge on any atom is -0.493 e. The third-order valence-corrected chi connectivity index (χ3v) is 5.50. The Bertz CT molecular complexity index is 1020. The minimum absolute atomic E-state index is 0.0194. The van der Waals surface area contributed by atoms with E-state index in [9.17, 15) is 4.79 Å². The second kappa shape index (κ2) is 11.7. The molecule has 34 heavy (non-hydrogen) atoms. The van der Waals surface area contributed by atoms with Gasteiger partial charge in [0.15, 0.2) is 11.5 Å². The SMILES string of the molecule is COc1ccc(C(=O)NCc2cnc(C#N)nc2NCC(C)(C)C)cc1OCCC1CCCN1. The molecule has 1 fully saturated rings. The van der Waals surface area contributed by atoms with Crippen LogP contribution in [0.2, 0.25) is 0 Å². The Hall–Kier alpha value is -3.38. The number of nitriles is 1. The van der Waals surface area contributed by atoms with Gasteiger partial charge in [-0.05, 0) is 49.4 Å². The number of nitrogens with zero attached hydrogens (tertiary/aromatic N) is 3. The summed E-state index contributed by atoms with van der Waals surface area (Å²) < 4.78 is 11.3. The van der Waals surface area contributed by atoms with Crippen LogP contribution in [0.4, 0.5) is 5.82 Å². The molecule has 2 heterocycles. The highest BCUT2D eigenvalue weighted by Gasteiger charge is 2.17. The highest BCUT2D eigenvalue weighted by atomic mass is 16.5. The van der Waals surface area contributed by atoms with Gasteiger partial charge in [-0.25, -0.2) is 9.97 Å². The molecule has 2 aromatic rings. The first-order chi connectivity index (χ1) is 16.3. The van der Waals surface area contributed by atoms with Crippen LogP contribution in [0.15, 0.2) is 24.4 Å². The molecule has 182 valence electrons. The van der Waals surface area contributed by atoms with Crippen LogP contribution in [0.25, 0.3) is 0 Å². The van der Waals surface area contributed by atoms with Crippen LogP contribution < -0.4 is 25.4 Å². The molecule has 1 aromatic carbocycles. The van der Waals surface area contributed by atoms with Crippen molar-refractivity contribution in [2.75, 3.05) is 32.1 Å². The van der Waals surface area contributed by atoms with E-state index in [1.54, 1.807) is 31.5 Å². The van der Waals surface area contributed by atoms with Crippen molar-refractivity contribution in [3.05, 3.63) is 41.3 Å².